The summed E-state index contributed by atoms with van der Waals surface area (Å²) >= 11 is 4.70. The molecule has 4 nitrogen and oxygen atoms in total. The Morgan fingerprint density at radius 1 is 1.03 bits per heavy atom. The fourth-order valence-corrected chi connectivity index (χ4v) is 5.41. The van der Waals surface area contributed by atoms with E-state index in [-0.39, 0.29) is 17.5 Å². The zero-order valence-corrected chi connectivity index (χ0v) is 17.8. The average molecular weight is 490 g/mol. The van der Waals surface area contributed by atoms with Crippen molar-refractivity contribution < 1.29 is 18.7 Å². The number of aromatic nitrogens is 1. The summed E-state index contributed by atoms with van der Waals surface area (Å²) in [7, 11) is 0. The summed E-state index contributed by atoms with van der Waals surface area (Å²) in [5.74, 6) is -2.86. The molecule has 0 saturated carbocycles. The van der Waals surface area contributed by atoms with Gasteiger partial charge in [-0.1, -0.05) is 52.3 Å². The molecule has 30 heavy (non-hydrogen) atoms. The molecule has 2 aromatic carbocycles. The second kappa shape index (κ2) is 8.12. The maximum atomic E-state index is 14.3. The van der Waals surface area contributed by atoms with Gasteiger partial charge in [0, 0.05) is 22.0 Å². The first kappa shape index (κ1) is 20.4. The Morgan fingerprint density at radius 3 is 2.30 bits per heavy atom. The van der Waals surface area contributed by atoms with Crippen LogP contribution >= 0.6 is 27.3 Å². The van der Waals surface area contributed by atoms with Gasteiger partial charge in [0.2, 0.25) is 5.43 Å². The van der Waals surface area contributed by atoms with Gasteiger partial charge in [-0.3, -0.25) is 4.79 Å². The number of rotatable bonds is 5. The van der Waals surface area contributed by atoms with Crippen LogP contribution in [0.4, 0.5) is 8.78 Å². The van der Waals surface area contributed by atoms with Gasteiger partial charge in [-0.2, -0.15) is 0 Å². The van der Waals surface area contributed by atoms with Gasteiger partial charge in [0.25, 0.3) is 0 Å². The normalized spacial score (nSPS) is 11.2. The van der Waals surface area contributed by atoms with Crippen LogP contribution in [0.5, 0.6) is 0 Å². The van der Waals surface area contributed by atoms with Crippen LogP contribution in [0.1, 0.15) is 21.5 Å². The predicted molar refractivity (Wildman–Crippen MR) is 117 cm³/mol. The lowest BCUT2D eigenvalue weighted by molar-refractivity contribution is 0.0695. The number of halogens is 3. The minimum absolute atomic E-state index is 0.200. The molecule has 0 saturated heterocycles. The highest BCUT2D eigenvalue weighted by Crippen LogP contribution is 2.39. The van der Waals surface area contributed by atoms with Gasteiger partial charge >= 0.3 is 5.97 Å². The summed E-state index contributed by atoms with van der Waals surface area (Å²) in [5.41, 5.74) is 0.258. The molecule has 0 aliphatic carbocycles. The molecule has 0 atom stereocenters. The van der Waals surface area contributed by atoms with E-state index in [0.29, 0.717) is 15.7 Å². The number of alkyl halides is 1. The van der Waals surface area contributed by atoms with Crippen molar-refractivity contribution in [2.45, 2.75) is 11.9 Å². The Bertz CT molecular complexity index is 1310. The first-order chi connectivity index (χ1) is 14.4. The Balaban J connectivity index is 2.05. The van der Waals surface area contributed by atoms with Crippen molar-refractivity contribution in [3.05, 3.63) is 93.3 Å². The van der Waals surface area contributed by atoms with Crippen LogP contribution in [-0.2, 0) is 11.9 Å². The Kier molecular flexibility index (Phi) is 5.53. The highest BCUT2D eigenvalue weighted by Gasteiger charge is 2.23. The Labute approximate surface area is 182 Å². The second-order valence-electron chi connectivity index (χ2n) is 6.59. The van der Waals surface area contributed by atoms with Crippen LogP contribution < -0.4 is 5.43 Å². The molecule has 0 aliphatic heterocycles. The fraction of sp³-hybridized carbons (Fsp3) is 0.0909. The number of hydrogen-bond donors (Lipinski definition) is 1. The maximum absolute atomic E-state index is 14.3. The zero-order chi connectivity index (χ0) is 21.4. The quantitative estimate of drug-likeness (QED) is 0.368. The van der Waals surface area contributed by atoms with E-state index in [0.717, 1.165) is 28.8 Å². The number of carboxylic acid groups (broad SMARTS) is 1. The van der Waals surface area contributed by atoms with Crippen molar-refractivity contribution in [3.63, 3.8) is 0 Å². The van der Waals surface area contributed by atoms with E-state index in [9.17, 15) is 23.5 Å². The number of nitrogens with zero attached hydrogens (tertiary/aromatic N) is 1. The number of benzene rings is 2. The van der Waals surface area contributed by atoms with E-state index >= 15 is 0 Å². The molecular formula is C22H14BrF2NO3S. The molecule has 0 spiro atoms. The molecule has 0 fully saturated rings. The van der Waals surface area contributed by atoms with Crippen LogP contribution in [-0.4, -0.2) is 15.6 Å². The highest BCUT2D eigenvalue weighted by molar-refractivity contribution is 9.08. The minimum Gasteiger partial charge on any atom is -0.477 e. The Hall–Kier alpha value is -2.84. The SMILES string of the molecule is O=C(O)c1cn(Cc2c(F)cccc2F)c2sc(-c3ccccc3)c(CBr)c2c1=O. The molecule has 2 aromatic heterocycles. The summed E-state index contributed by atoms with van der Waals surface area (Å²) in [6.45, 7) is -0.244. The van der Waals surface area contributed by atoms with E-state index in [4.69, 9.17) is 0 Å². The zero-order valence-electron chi connectivity index (χ0n) is 15.4. The maximum Gasteiger partial charge on any atom is 0.341 e. The summed E-state index contributed by atoms with van der Waals surface area (Å²) < 4.78 is 29.9. The summed E-state index contributed by atoms with van der Waals surface area (Å²) in [6, 6.07) is 12.9. The lowest BCUT2D eigenvalue weighted by Gasteiger charge is -2.11. The lowest BCUT2D eigenvalue weighted by Crippen LogP contribution is -2.19. The molecule has 0 unspecified atom stereocenters. The third-order valence-corrected chi connectivity index (χ3v) is 6.68. The third kappa shape index (κ3) is 3.46. The molecule has 0 amide bonds. The molecule has 0 aliphatic rings. The molecular weight excluding hydrogens is 476 g/mol. The second-order valence-corrected chi connectivity index (χ2v) is 8.15. The van der Waals surface area contributed by atoms with Crippen LogP contribution in [0.25, 0.3) is 20.7 Å². The fourth-order valence-electron chi connectivity index (χ4n) is 3.37. The molecule has 4 aromatic rings. The van der Waals surface area contributed by atoms with Crippen LogP contribution in [0.3, 0.4) is 0 Å². The van der Waals surface area contributed by atoms with Gasteiger partial charge in [0.1, 0.15) is 22.0 Å². The third-order valence-electron chi connectivity index (χ3n) is 4.80. The predicted octanol–water partition coefficient (Wildman–Crippen LogP) is 5.65. The van der Waals surface area contributed by atoms with Crippen molar-refractivity contribution in [3.8, 4) is 10.4 Å². The lowest BCUT2D eigenvalue weighted by atomic mass is 10.1. The smallest absolute Gasteiger partial charge is 0.341 e. The monoisotopic (exact) mass is 489 g/mol. The standard InChI is InChI=1S/C22H14BrF2NO3S/c23-9-13-18-19(27)15(22(28)29)11-26(10-14-16(24)7-4-8-17(14)25)21(18)30-20(13)12-5-2-1-3-6-12/h1-8,11H,9-10H2,(H,28,29). The van der Waals surface area contributed by atoms with Crippen molar-refractivity contribution in [2.24, 2.45) is 0 Å². The van der Waals surface area contributed by atoms with Gasteiger partial charge in [-0.05, 0) is 23.3 Å². The number of pyridine rings is 1. The molecule has 1 N–H and O–H groups in total. The summed E-state index contributed by atoms with van der Waals surface area (Å²) in [6.07, 6.45) is 1.15. The molecule has 152 valence electrons. The van der Waals surface area contributed by atoms with E-state index in [2.05, 4.69) is 15.9 Å². The van der Waals surface area contributed by atoms with Gasteiger partial charge in [0.05, 0.1) is 11.9 Å². The van der Waals surface area contributed by atoms with Crippen LogP contribution in [0, 0.1) is 11.6 Å². The topological polar surface area (TPSA) is 59.3 Å². The highest BCUT2D eigenvalue weighted by atomic mass is 79.9. The summed E-state index contributed by atoms with van der Waals surface area (Å²) in [4.78, 5) is 25.9. The van der Waals surface area contributed by atoms with Gasteiger partial charge in [-0.15, -0.1) is 11.3 Å². The van der Waals surface area contributed by atoms with Crippen molar-refractivity contribution in [1.29, 1.82) is 0 Å². The molecule has 4 rings (SSSR count). The summed E-state index contributed by atoms with van der Waals surface area (Å²) in [5, 5.41) is 10.1. The van der Waals surface area contributed by atoms with Gasteiger partial charge in [-0.25, -0.2) is 13.6 Å². The van der Waals surface area contributed by atoms with Gasteiger partial charge in [0.15, 0.2) is 0 Å². The van der Waals surface area contributed by atoms with Crippen LogP contribution in [0.2, 0.25) is 0 Å². The first-order valence-corrected chi connectivity index (χ1v) is 10.8. The van der Waals surface area contributed by atoms with E-state index in [1.807, 2.05) is 30.3 Å². The first-order valence-electron chi connectivity index (χ1n) is 8.88. The van der Waals surface area contributed by atoms with Crippen LogP contribution in [0.15, 0.2) is 59.5 Å². The van der Waals surface area contributed by atoms with Gasteiger partial charge < -0.3 is 9.67 Å². The largest absolute Gasteiger partial charge is 0.477 e. The number of aromatic carboxylic acids is 1. The van der Waals surface area contributed by atoms with E-state index in [1.165, 1.54) is 22.0 Å². The molecule has 0 bridgehead atoms. The molecule has 2 heterocycles. The van der Waals surface area contributed by atoms with E-state index in [1.54, 1.807) is 0 Å². The molecule has 8 heteroatoms. The number of fused-ring (bicyclic) bond motifs is 1. The number of hydrogen-bond acceptors (Lipinski definition) is 3. The number of thiophene rings is 1. The average Bonchev–Trinajstić information content (AvgIpc) is 3.13. The Morgan fingerprint density at radius 2 is 1.70 bits per heavy atom. The number of carboxylic acids is 1. The number of carbonyl (C=O) groups is 1. The van der Waals surface area contributed by atoms with Crippen molar-refractivity contribution in [2.75, 3.05) is 0 Å². The van der Waals surface area contributed by atoms with E-state index < -0.39 is 28.6 Å². The van der Waals surface area contributed by atoms with Crippen molar-refractivity contribution >= 4 is 43.5 Å². The minimum atomic E-state index is -1.39. The molecule has 0 radical (unpaired) electrons. The van der Waals surface area contributed by atoms with Crippen molar-refractivity contribution in [1.82, 2.24) is 4.57 Å².